The third-order valence-electron chi connectivity index (χ3n) is 2.15. The number of sulfone groups is 1. The van der Waals surface area contributed by atoms with Gasteiger partial charge in [0.1, 0.15) is 0 Å². The Kier molecular flexibility index (Phi) is 4.65. The molecule has 0 aliphatic carbocycles. The Hall–Kier alpha value is -1.40. The quantitative estimate of drug-likeness (QED) is 0.814. The first-order valence-corrected chi connectivity index (χ1v) is 6.91. The molecule has 94 valence electrons. The predicted molar refractivity (Wildman–Crippen MR) is 66.5 cm³/mol. The lowest BCUT2D eigenvalue weighted by atomic mass is 10.3. The van der Waals surface area contributed by atoms with Crippen molar-refractivity contribution >= 4 is 21.4 Å². The number of carbonyl (C=O) groups excluding carboxylic acids is 1. The van der Waals surface area contributed by atoms with Crippen LogP contribution < -0.4 is 11.1 Å². The molecule has 0 spiro atoms. The molecule has 1 amide bonds. The van der Waals surface area contributed by atoms with Crippen LogP contribution in [0.5, 0.6) is 0 Å². The number of hydrogen-bond donors (Lipinski definition) is 2. The van der Waals surface area contributed by atoms with E-state index in [1.54, 1.807) is 12.1 Å². The van der Waals surface area contributed by atoms with Crippen LogP contribution in [0.3, 0.4) is 0 Å². The Morgan fingerprint density at radius 3 is 2.35 bits per heavy atom. The molecule has 17 heavy (non-hydrogen) atoms. The number of carbonyl (C=O) groups is 1. The van der Waals surface area contributed by atoms with Gasteiger partial charge in [-0.05, 0) is 37.2 Å². The first kappa shape index (κ1) is 13.7. The largest absolute Gasteiger partial charge is 0.330 e. The maximum atomic E-state index is 11.8. The minimum atomic E-state index is -3.26. The van der Waals surface area contributed by atoms with E-state index in [1.807, 2.05) is 0 Å². The lowest BCUT2D eigenvalue weighted by Gasteiger charge is -2.05. The molecule has 0 saturated heterocycles. The molecule has 0 heterocycles. The van der Waals surface area contributed by atoms with Crippen LogP contribution in [-0.2, 0) is 14.6 Å². The van der Waals surface area contributed by atoms with Gasteiger partial charge in [-0.1, -0.05) is 0 Å². The van der Waals surface area contributed by atoms with Gasteiger partial charge in [-0.15, -0.1) is 0 Å². The summed E-state index contributed by atoms with van der Waals surface area (Å²) in [5.41, 5.74) is 5.86. The number of nitrogens with one attached hydrogen (secondary N) is 1. The Morgan fingerprint density at radius 2 is 1.88 bits per heavy atom. The van der Waals surface area contributed by atoms with Gasteiger partial charge in [0.2, 0.25) is 5.91 Å². The summed E-state index contributed by atoms with van der Waals surface area (Å²) in [5, 5.41) is 2.57. The highest BCUT2D eigenvalue weighted by molar-refractivity contribution is 7.91. The molecular weight excluding hydrogens is 240 g/mol. The van der Waals surface area contributed by atoms with E-state index >= 15 is 0 Å². The minimum Gasteiger partial charge on any atom is -0.330 e. The Morgan fingerprint density at radius 1 is 1.29 bits per heavy atom. The van der Waals surface area contributed by atoms with Crippen molar-refractivity contribution in [3.63, 3.8) is 0 Å². The molecule has 3 N–H and O–H groups in total. The highest BCUT2D eigenvalue weighted by Gasteiger charge is 2.13. The topological polar surface area (TPSA) is 89.3 Å². The van der Waals surface area contributed by atoms with Crippen molar-refractivity contribution in [2.75, 3.05) is 17.6 Å². The summed E-state index contributed by atoms with van der Waals surface area (Å²) in [4.78, 5) is 11.0. The number of nitrogens with two attached hydrogens (primary N) is 1. The molecule has 0 radical (unpaired) electrons. The van der Waals surface area contributed by atoms with E-state index in [4.69, 9.17) is 5.73 Å². The number of benzene rings is 1. The van der Waals surface area contributed by atoms with Crippen LogP contribution in [0.2, 0.25) is 0 Å². The summed E-state index contributed by atoms with van der Waals surface area (Å²) in [6.45, 7) is 1.75. The van der Waals surface area contributed by atoms with Gasteiger partial charge in [0, 0.05) is 12.6 Å². The van der Waals surface area contributed by atoms with Crippen LogP contribution >= 0.6 is 0 Å². The van der Waals surface area contributed by atoms with Crippen molar-refractivity contribution in [3.05, 3.63) is 24.3 Å². The van der Waals surface area contributed by atoms with Crippen LogP contribution in [0, 0.1) is 0 Å². The third kappa shape index (κ3) is 4.16. The van der Waals surface area contributed by atoms with E-state index in [9.17, 15) is 13.2 Å². The van der Waals surface area contributed by atoms with E-state index < -0.39 is 9.84 Å². The lowest BCUT2D eigenvalue weighted by molar-refractivity contribution is -0.114. The highest BCUT2D eigenvalue weighted by Crippen LogP contribution is 2.15. The average Bonchev–Trinajstić information content (AvgIpc) is 2.26. The first-order chi connectivity index (χ1) is 7.95. The minimum absolute atomic E-state index is 0.0446. The number of amides is 1. The maximum absolute atomic E-state index is 11.8. The van der Waals surface area contributed by atoms with Crippen LogP contribution in [0.1, 0.15) is 13.3 Å². The molecule has 6 heteroatoms. The van der Waals surface area contributed by atoms with Gasteiger partial charge in [-0.2, -0.15) is 0 Å². The monoisotopic (exact) mass is 256 g/mol. The lowest BCUT2D eigenvalue weighted by Crippen LogP contribution is -2.11. The zero-order valence-corrected chi connectivity index (χ0v) is 10.5. The van der Waals surface area contributed by atoms with Gasteiger partial charge in [-0.25, -0.2) is 8.42 Å². The van der Waals surface area contributed by atoms with Gasteiger partial charge in [0.15, 0.2) is 9.84 Å². The van der Waals surface area contributed by atoms with Gasteiger partial charge < -0.3 is 11.1 Å². The van der Waals surface area contributed by atoms with Crippen LogP contribution in [0.15, 0.2) is 29.2 Å². The van der Waals surface area contributed by atoms with Gasteiger partial charge in [0.25, 0.3) is 0 Å². The van der Waals surface area contributed by atoms with Crippen molar-refractivity contribution in [2.24, 2.45) is 5.73 Å². The fourth-order valence-electron chi connectivity index (χ4n) is 1.34. The summed E-state index contributed by atoms with van der Waals surface area (Å²) in [5.74, 6) is -0.146. The Labute approximate surface area is 101 Å². The van der Waals surface area contributed by atoms with Crippen molar-refractivity contribution in [1.82, 2.24) is 0 Å². The highest BCUT2D eigenvalue weighted by atomic mass is 32.2. The predicted octanol–water partition coefficient (Wildman–Crippen LogP) is 0.767. The average molecular weight is 256 g/mol. The van der Waals surface area contributed by atoms with Crippen molar-refractivity contribution in [1.29, 1.82) is 0 Å². The van der Waals surface area contributed by atoms with E-state index in [0.717, 1.165) is 0 Å². The molecule has 0 unspecified atom stereocenters. The fraction of sp³-hybridized carbons (Fsp3) is 0.364. The van der Waals surface area contributed by atoms with Gasteiger partial charge in [0.05, 0.1) is 10.6 Å². The first-order valence-electron chi connectivity index (χ1n) is 5.26. The molecule has 5 nitrogen and oxygen atoms in total. The van der Waals surface area contributed by atoms with Crippen molar-refractivity contribution in [2.45, 2.75) is 18.2 Å². The molecule has 0 fully saturated rings. The number of rotatable bonds is 5. The summed E-state index contributed by atoms with van der Waals surface area (Å²) in [6, 6.07) is 6.10. The molecular formula is C11H16N2O3S. The molecule has 1 aromatic rings. The summed E-state index contributed by atoms with van der Waals surface area (Å²) in [7, 11) is -3.26. The summed E-state index contributed by atoms with van der Waals surface area (Å²) >= 11 is 0. The zero-order chi connectivity index (χ0) is 12.9. The molecule has 1 rings (SSSR count). The van der Waals surface area contributed by atoms with E-state index in [0.29, 0.717) is 18.7 Å². The van der Waals surface area contributed by atoms with Crippen molar-refractivity contribution in [3.8, 4) is 0 Å². The number of anilines is 1. The summed E-state index contributed by atoms with van der Waals surface area (Å²) < 4.78 is 23.6. The SMILES string of the molecule is CC(=O)Nc1ccc(S(=O)(=O)CCCN)cc1. The second-order valence-electron chi connectivity index (χ2n) is 3.67. The van der Waals surface area contributed by atoms with E-state index in [-0.39, 0.29) is 16.6 Å². The summed E-state index contributed by atoms with van der Waals surface area (Å²) in [6.07, 6.45) is 0.440. The van der Waals surface area contributed by atoms with E-state index in [2.05, 4.69) is 5.32 Å². The van der Waals surface area contributed by atoms with Crippen molar-refractivity contribution < 1.29 is 13.2 Å². The van der Waals surface area contributed by atoms with Crippen LogP contribution in [0.25, 0.3) is 0 Å². The maximum Gasteiger partial charge on any atom is 0.221 e. The third-order valence-corrected chi connectivity index (χ3v) is 3.97. The Balaban J connectivity index is 2.83. The standard InChI is InChI=1S/C11H16N2O3S/c1-9(14)13-10-3-5-11(6-4-10)17(15,16)8-2-7-12/h3-6H,2,7-8,12H2,1H3,(H,13,14). The van der Waals surface area contributed by atoms with Crippen LogP contribution in [0.4, 0.5) is 5.69 Å². The fourth-order valence-corrected chi connectivity index (χ4v) is 2.67. The number of hydrogen-bond acceptors (Lipinski definition) is 4. The van der Waals surface area contributed by atoms with Gasteiger partial charge in [-0.3, -0.25) is 4.79 Å². The smallest absolute Gasteiger partial charge is 0.221 e. The molecule has 0 saturated carbocycles. The molecule has 1 aromatic carbocycles. The van der Waals surface area contributed by atoms with E-state index in [1.165, 1.54) is 19.1 Å². The Bertz CT molecular complexity index is 480. The van der Waals surface area contributed by atoms with Gasteiger partial charge >= 0.3 is 0 Å². The second kappa shape index (κ2) is 5.79. The molecule has 0 aromatic heterocycles. The molecule has 0 aliphatic rings. The van der Waals surface area contributed by atoms with Crippen LogP contribution in [-0.4, -0.2) is 26.6 Å². The molecule has 0 aliphatic heterocycles. The second-order valence-corrected chi connectivity index (χ2v) is 5.78. The molecule has 0 atom stereocenters. The normalized spacial score (nSPS) is 11.2. The zero-order valence-electron chi connectivity index (χ0n) is 9.64. The molecule has 0 bridgehead atoms.